The van der Waals surface area contributed by atoms with Gasteiger partial charge in [0.25, 0.3) is 0 Å². The van der Waals surface area contributed by atoms with E-state index in [1.807, 2.05) is 64.6 Å². The minimum atomic E-state index is -4.94. The summed E-state index contributed by atoms with van der Waals surface area (Å²) in [6, 6.07) is 14.8. The maximum Gasteiger partial charge on any atom is 0.414 e. The highest BCUT2D eigenvalue weighted by atomic mass is 35.7. The Morgan fingerprint density at radius 1 is 0.537 bits per heavy atom. The summed E-state index contributed by atoms with van der Waals surface area (Å²) in [5.74, 6) is 1.42. The van der Waals surface area contributed by atoms with E-state index in [0.717, 1.165) is 36.8 Å². The molecule has 0 atom stereocenters. The molecule has 0 aliphatic carbocycles. The molecule has 0 saturated heterocycles. The van der Waals surface area contributed by atoms with Crippen LogP contribution >= 0.6 is 0 Å². The Morgan fingerprint density at radius 3 is 1.09 bits per heavy atom. The van der Waals surface area contributed by atoms with E-state index < -0.39 is 32.7 Å². The number of para-hydroxylation sites is 2. The van der Waals surface area contributed by atoms with Crippen molar-refractivity contribution < 1.29 is 95.4 Å². The Hall–Kier alpha value is -3.50. The number of carbonyl (C=O) groups is 4. The average Bonchev–Trinajstić information content (AvgIpc) is 2.98. The highest BCUT2D eigenvalue weighted by Crippen LogP contribution is 2.24. The standard InChI is InChI=1S/C34H52N4O6.2ClHO4/c1-35(2)33(41)43-31-21-15-13-17-27(31)23-37(5,6)25-29(39)19-11-9-10-12-20-30(40)26-38(7,8)24-28-18-14-16-22-32(28)44-34(42)36(3)4;2*2-1(3,4)5/h13-18,21-22H,9-12,19-20,23-26H2,1-8H3;2*(H,2,3,4,5)/q+2;;/p-2. The molecule has 2 rings (SSSR count). The third kappa shape index (κ3) is 27.1. The zero-order valence-corrected chi connectivity index (χ0v) is 33.5. The van der Waals surface area contributed by atoms with Gasteiger partial charge in [0.1, 0.15) is 37.7 Å². The summed E-state index contributed by atoms with van der Waals surface area (Å²) < 4.78 is 79.9. The number of ether oxygens (including phenoxy) is 2. The number of hydrogen-bond acceptors (Lipinski definition) is 14. The van der Waals surface area contributed by atoms with Crippen LogP contribution in [0.15, 0.2) is 48.5 Å². The highest BCUT2D eigenvalue weighted by molar-refractivity contribution is 5.80. The number of halogens is 2. The van der Waals surface area contributed by atoms with Crippen molar-refractivity contribution in [3.05, 3.63) is 59.7 Å². The molecule has 0 radical (unpaired) electrons. The molecule has 2 aromatic carbocycles. The Bertz CT molecular complexity index is 1360. The number of unbranched alkanes of at least 4 members (excludes halogenated alkanes) is 3. The normalized spacial score (nSPS) is 11.6. The van der Waals surface area contributed by atoms with Crippen LogP contribution in [-0.4, -0.2) is 112 Å². The molecule has 0 N–H and O–H groups in total. The minimum Gasteiger partial charge on any atom is -0.410 e. The molecule has 0 bridgehead atoms. The van der Waals surface area contributed by atoms with Gasteiger partial charge in [-0.1, -0.05) is 37.1 Å². The predicted molar refractivity (Wildman–Crippen MR) is 171 cm³/mol. The van der Waals surface area contributed by atoms with Gasteiger partial charge < -0.3 is 28.2 Å². The quantitative estimate of drug-likeness (QED) is 0.108. The Balaban J connectivity index is 0.00000247. The van der Waals surface area contributed by atoms with Crippen molar-refractivity contribution >= 4 is 23.8 Å². The Kier molecular flexibility index (Phi) is 21.9. The first-order valence-electron chi connectivity index (χ1n) is 16.4. The van der Waals surface area contributed by atoms with E-state index in [1.165, 1.54) is 9.80 Å². The second-order valence-electron chi connectivity index (χ2n) is 14.0. The molecule has 0 aromatic heterocycles. The first-order valence-corrected chi connectivity index (χ1v) is 18.9. The van der Waals surface area contributed by atoms with Gasteiger partial charge in [-0.2, -0.15) is 0 Å². The van der Waals surface area contributed by atoms with E-state index in [-0.39, 0.29) is 11.6 Å². The molecular formula is C34H52Cl2N4O14. The van der Waals surface area contributed by atoms with Crippen LogP contribution in [0.1, 0.15) is 49.7 Å². The predicted octanol–water partition coefficient (Wildman–Crippen LogP) is -4.37. The number of benzene rings is 2. The number of carbonyl (C=O) groups excluding carboxylic acids is 4. The van der Waals surface area contributed by atoms with Crippen LogP contribution in [0.4, 0.5) is 9.59 Å². The fourth-order valence-electron chi connectivity index (χ4n) is 4.98. The summed E-state index contributed by atoms with van der Waals surface area (Å²) in [6.07, 6.45) is 3.55. The second-order valence-corrected chi connectivity index (χ2v) is 15.5. The monoisotopic (exact) mass is 810 g/mol. The molecule has 0 aliphatic rings. The third-order valence-corrected chi connectivity index (χ3v) is 7.14. The fourth-order valence-corrected chi connectivity index (χ4v) is 4.98. The van der Waals surface area contributed by atoms with E-state index in [2.05, 4.69) is 0 Å². The van der Waals surface area contributed by atoms with Crippen molar-refractivity contribution in [3.63, 3.8) is 0 Å². The molecule has 20 heteroatoms. The number of Topliss-reactive ketones (excluding diaryl/α,β-unsaturated/α-hetero) is 2. The summed E-state index contributed by atoms with van der Waals surface area (Å²) in [7, 11) is 4.67. The molecule has 0 saturated carbocycles. The van der Waals surface area contributed by atoms with Gasteiger partial charge >= 0.3 is 12.2 Å². The largest absolute Gasteiger partial charge is 0.414 e. The van der Waals surface area contributed by atoms with Crippen molar-refractivity contribution in [2.45, 2.75) is 51.6 Å². The maximum absolute atomic E-state index is 12.8. The molecule has 54 heavy (non-hydrogen) atoms. The van der Waals surface area contributed by atoms with Crippen LogP contribution in [0.25, 0.3) is 0 Å². The first kappa shape index (κ1) is 50.5. The van der Waals surface area contributed by atoms with E-state index in [9.17, 15) is 19.2 Å². The lowest BCUT2D eigenvalue weighted by atomic mass is 10.1. The molecule has 0 fully saturated rings. The molecule has 2 aromatic rings. The Morgan fingerprint density at radius 2 is 0.815 bits per heavy atom. The van der Waals surface area contributed by atoms with Gasteiger partial charge in [-0.15, -0.1) is 20.5 Å². The van der Waals surface area contributed by atoms with Crippen molar-refractivity contribution in [1.82, 2.24) is 9.80 Å². The van der Waals surface area contributed by atoms with Crippen LogP contribution in [-0.2, 0) is 22.7 Å². The molecule has 2 amide bonds. The number of hydrogen-bond donors (Lipinski definition) is 0. The summed E-state index contributed by atoms with van der Waals surface area (Å²) in [5.41, 5.74) is 1.76. The van der Waals surface area contributed by atoms with Gasteiger partial charge in [-0.3, -0.25) is 9.59 Å². The average molecular weight is 812 g/mol. The maximum atomic E-state index is 12.8. The first-order chi connectivity index (χ1) is 24.6. The lowest BCUT2D eigenvalue weighted by Gasteiger charge is -2.30. The Labute approximate surface area is 320 Å². The highest BCUT2D eigenvalue weighted by Gasteiger charge is 2.25. The topological polar surface area (TPSA) is 278 Å². The second kappa shape index (κ2) is 23.4. The number of likely N-dealkylation sites (N-methyl/N-ethyl adjacent to an activating group) is 2. The molecule has 0 spiro atoms. The van der Waals surface area contributed by atoms with Crippen LogP contribution in [0.3, 0.4) is 0 Å². The van der Waals surface area contributed by atoms with Crippen molar-refractivity contribution in [1.29, 1.82) is 0 Å². The van der Waals surface area contributed by atoms with E-state index in [4.69, 9.17) is 46.7 Å². The molecule has 0 heterocycles. The van der Waals surface area contributed by atoms with Crippen LogP contribution in [0.2, 0.25) is 0 Å². The van der Waals surface area contributed by atoms with Gasteiger partial charge in [0.05, 0.1) is 28.2 Å². The lowest BCUT2D eigenvalue weighted by Crippen LogP contribution is -2.68. The van der Waals surface area contributed by atoms with Gasteiger partial charge in [-0.25, -0.2) is 46.9 Å². The molecule has 0 unspecified atom stereocenters. The van der Waals surface area contributed by atoms with Crippen LogP contribution in [0, 0.1) is 20.5 Å². The number of quaternary nitrogens is 2. The summed E-state index contributed by atoms with van der Waals surface area (Å²) >= 11 is 0. The zero-order chi connectivity index (χ0) is 41.9. The van der Waals surface area contributed by atoms with Gasteiger partial charge in [0, 0.05) is 52.2 Å². The SMILES string of the molecule is CN(C)C(=O)Oc1ccccc1C[N+](C)(C)CC(=O)CCCCCCC(=O)C[N+](C)(C)Cc1ccccc1OC(=O)N(C)C.[O-][Cl+3]([O-])([O-])[O-].[O-][Cl+3]([O-])([O-])[O-]. The summed E-state index contributed by atoms with van der Waals surface area (Å²) in [4.78, 5) is 52.4. The molecule has 0 aliphatic heterocycles. The lowest BCUT2D eigenvalue weighted by molar-refractivity contribution is -2.00. The fraction of sp³-hybridized carbons (Fsp3) is 0.529. The third-order valence-electron chi connectivity index (χ3n) is 7.14. The number of ketones is 2. The molecular weight excluding hydrogens is 759 g/mol. The number of rotatable bonds is 17. The van der Waals surface area contributed by atoms with Gasteiger partial charge in [0.15, 0.2) is 11.6 Å². The van der Waals surface area contributed by atoms with Crippen LogP contribution < -0.4 is 46.7 Å². The zero-order valence-electron chi connectivity index (χ0n) is 32.0. The molecule has 18 nitrogen and oxygen atoms in total. The number of amides is 2. The smallest absolute Gasteiger partial charge is 0.410 e. The van der Waals surface area contributed by atoms with Gasteiger partial charge in [0.2, 0.25) is 0 Å². The number of nitrogens with zero attached hydrogens (tertiary/aromatic N) is 4. The summed E-state index contributed by atoms with van der Waals surface area (Å²) in [5, 5.41) is 0. The summed E-state index contributed by atoms with van der Waals surface area (Å²) in [6.45, 7) is 1.90. The van der Waals surface area contributed by atoms with E-state index in [0.29, 0.717) is 59.5 Å². The van der Waals surface area contributed by atoms with Crippen molar-refractivity contribution in [2.75, 3.05) is 69.5 Å². The van der Waals surface area contributed by atoms with Crippen molar-refractivity contribution in [2.24, 2.45) is 0 Å². The van der Waals surface area contributed by atoms with E-state index in [1.54, 1.807) is 40.3 Å². The minimum absolute atomic E-state index is 0.199. The van der Waals surface area contributed by atoms with Crippen molar-refractivity contribution in [3.8, 4) is 11.5 Å². The van der Waals surface area contributed by atoms with E-state index >= 15 is 0 Å². The van der Waals surface area contributed by atoms with Gasteiger partial charge in [-0.05, 0) is 37.1 Å². The van der Waals surface area contributed by atoms with Crippen LogP contribution in [0.5, 0.6) is 11.5 Å². The molecule has 306 valence electrons.